The number of amides is 2. The first kappa shape index (κ1) is 21.9. The molecule has 2 heterocycles. The topological polar surface area (TPSA) is 68.3 Å². The number of carbonyl (C=O) groups is 2. The van der Waals surface area contributed by atoms with E-state index in [9.17, 15) is 9.59 Å². The number of methoxy groups -OCH3 is 2. The highest BCUT2D eigenvalue weighted by atomic mass is 16.5. The van der Waals surface area contributed by atoms with Crippen molar-refractivity contribution in [2.45, 2.75) is 57.1 Å². The maximum Gasteiger partial charge on any atom is 0.258 e. The molecule has 1 aromatic carbocycles. The maximum atomic E-state index is 13.5. The van der Waals surface area contributed by atoms with Crippen LogP contribution in [-0.4, -0.2) is 74.2 Å². The molecule has 2 amide bonds. The molecule has 31 heavy (non-hydrogen) atoms. The molecule has 2 aliphatic heterocycles. The van der Waals surface area contributed by atoms with E-state index in [1.807, 2.05) is 21.9 Å². The fraction of sp³-hybridized carbons (Fsp3) is 0.667. The van der Waals surface area contributed by atoms with Crippen LogP contribution in [0.2, 0.25) is 0 Å². The van der Waals surface area contributed by atoms with E-state index in [1.165, 1.54) is 0 Å². The van der Waals surface area contributed by atoms with Crippen LogP contribution in [-0.2, 0) is 9.53 Å². The van der Waals surface area contributed by atoms with Crippen molar-refractivity contribution in [1.29, 1.82) is 0 Å². The highest BCUT2D eigenvalue weighted by Crippen LogP contribution is 2.33. The van der Waals surface area contributed by atoms with Crippen molar-refractivity contribution in [3.63, 3.8) is 0 Å². The second-order valence-electron chi connectivity index (χ2n) is 8.88. The van der Waals surface area contributed by atoms with Crippen molar-refractivity contribution >= 4 is 11.8 Å². The maximum absolute atomic E-state index is 13.5. The molecular weight excluding hydrogens is 396 g/mol. The number of ether oxygens (including phenoxy) is 3. The summed E-state index contributed by atoms with van der Waals surface area (Å²) in [6.07, 6.45) is 6.70. The van der Waals surface area contributed by atoms with E-state index < -0.39 is 0 Å². The van der Waals surface area contributed by atoms with E-state index in [0.717, 1.165) is 64.6 Å². The Balaban J connectivity index is 1.46. The molecule has 0 spiro atoms. The number of benzene rings is 1. The first-order valence-electron chi connectivity index (χ1n) is 11.5. The molecular formula is C24H34N2O5. The minimum absolute atomic E-state index is 0.000624. The van der Waals surface area contributed by atoms with Crippen molar-refractivity contribution in [1.82, 2.24) is 9.80 Å². The standard InChI is InChI=1S/C24H34N2O5/c1-29-16-18-5-3-4-12-26(18)24(28)21-15-20(30-2)8-9-22(21)31-19-10-13-25(14-11-19)23(27)17-6-7-17/h8-9,15,17-19H,3-7,10-14,16H2,1-2H3. The Kier molecular flexibility index (Phi) is 7.00. The Morgan fingerprint density at radius 2 is 1.77 bits per heavy atom. The summed E-state index contributed by atoms with van der Waals surface area (Å²) >= 11 is 0. The number of rotatable bonds is 7. The molecule has 1 aromatic rings. The number of hydrogen-bond acceptors (Lipinski definition) is 5. The lowest BCUT2D eigenvalue weighted by atomic mass is 10.0. The zero-order valence-electron chi connectivity index (χ0n) is 18.7. The smallest absolute Gasteiger partial charge is 0.258 e. The van der Waals surface area contributed by atoms with Crippen LogP contribution < -0.4 is 9.47 Å². The van der Waals surface area contributed by atoms with Crippen LogP contribution in [0.25, 0.3) is 0 Å². The van der Waals surface area contributed by atoms with E-state index in [-0.39, 0.29) is 24.0 Å². The summed E-state index contributed by atoms with van der Waals surface area (Å²) in [5.74, 6) is 1.76. The van der Waals surface area contributed by atoms with Gasteiger partial charge >= 0.3 is 0 Å². The van der Waals surface area contributed by atoms with Crippen LogP contribution in [0.15, 0.2) is 18.2 Å². The van der Waals surface area contributed by atoms with Gasteiger partial charge in [-0.15, -0.1) is 0 Å². The van der Waals surface area contributed by atoms with Crippen molar-refractivity contribution in [2.24, 2.45) is 5.92 Å². The molecule has 170 valence electrons. The van der Waals surface area contributed by atoms with Crippen LogP contribution in [0.1, 0.15) is 55.3 Å². The molecule has 0 radical (unpaired) electrons. The zero-order chi connectivity index (χ0) is 21.8. The molecule has 3 fully saturated rings. The van der Waals surface area contributed by atoms with Crippen molar-refractivity contribution in [2.75, 3.05) is 40.5 Å². The summed E-state index contributed by atoms with van der Waals surface area (Å²) in [5.41, 5.74) is 0.541. The first-order valence-corrected chi connectivity index (χ1v) is 11.5. The normalized spacial score (nSPS) is 22.3. The lowest BCUT2D eigenvalue weighted by Crippen LogP contribution is -2.46. The largest absolute Gasteiger partial charge is 0.497 e. The lowest BCUT2D eigenvalue weighted by molar-refractivity contribution is -0.134. The van der Waals surface area contributed by atoms with Crippen LogP contribution >= 0.6 is 0 Å². The molecule has 7 heteroatoms. The lowest BCUT2D eigenvalue weighted by Gasteiger charge is -2.36. The molecule has 0 bridgehead atoms. The molecule has 2 saturated heterocycles. The van der Waals surface area contributed by atoms with Crippen molar-refractivity contribution in [3.8, 4) is 11.5 Å². The summed E-state index contributed by atoms with van der Waals surface area (Å²) in [7, 11) is 3.28. The predicted octanol–water partition coefficient (Wildman–Crippen LogP) is 3.12. The fourth-order valence-corrected chi connectivity index (χ4v) is 4.66. The molecule has 1 aliphatic carbocycles. The Bertz CT molecular complexity index is 784. The molecule has 4 rings (SSSR count). The Labute approximate surface area is 184 Å². The van der Waals surface area contributed by atoms with Crippen LogP contribution in [0.3, 0.4) is 0 Å². The fourth-order valence-electron chi connectivity index (χ4n) is 4.66. The van der Waals surface area contributed by atoms with Gasteiger partial charge in [0.25, 0.3) is 5.91 Å². The minimum Gasteiger partial charge on any atom is -0.497 e. The van der Waals surface area contributed by atoms with Gasteiger partial charge in [0.2, 0.25) is 5.91 Å². The molecule has 1 atom stereocenters. The third kappa shape index (κ3) is 5.14. The van der Waals surface area contributed by atoms with E-state index in [4.69, 9.17) is 14.2 Å². The van der Waals surface area contributed by atoms with Gasteiger partial charge in [-0.05, 0) is 50.3 Å². The molecule has 1 unspecified atom stereocenters. The van der Waals surface area contributed by atoms with Crippen molar-refractivity contribution in [3.05, 3.63) is 23.8 Å². The van der Waals surface area contributed by atoms with Gasteiger partial charge in [-0.25, -0.2) is 0 Å². The molecule has 0 aromatic heterocycles. The quantitative estimate of drug-likeness (QED) is 0.665. The summed E-state index contributed by atoms with van der Waals surface area (Å²) in [6.45, 7) is 2.72. The molecule has 1 saturated carbocycles. The van der Waals surface area contributed by atoms with Crippen LogP contribution in [0, 0.1) is 5.92 Å². The first-order chi connectivity index (χ1) is 15.1. The third-order valence-corrected chi connectivity index (χ3v) is 6.64. The van der Waals surface area contributed by atoms with E-state index in [0.29, 0.717) is 29.6 Å². The van der Waals surface area contributed by atoms with Crippen molar-refractivity contribution < 1.29 is 23.8 Å². The van der Waals surface area contributed by atoms with Gasteiger partial charge in [0.1, 0.15) is 17.6 Å². The molecule has 7 nitrogen and oxygen atoms in total. The average Bonchev–Trinajstić information content (AvgIpc) is 3.65. The second-order valence-corrected chi connectivity index (χ2v) is 8.88. The van der Waals surface area contributed by atoms with Crippen LogP contribution in [0.5, 0.6) is 11.5 Å². The van der Waals surface area contributed by atoms with Gasteiger partial charge in [0, 0.05) is 45.5 Å². The Morgan fingerprint density at radius 1 is 1.00 bits per heavy atom. The summed E-state index contributed by atoms with van der Waals surface area (Å²) in [4.78, 5) is 29.7. The summed E-state index contributed by atoms with van der Waals surface area (Å²) in [6, 6.07) is 5.54. The average molecular weight is 431 g/mol. The summed E-state index contributed by atoms with van der Waals surface area (Å²) in [5, 5.41) is 0. The number of piperidine rings is 2. The van der Waals surface area contributed by atoms with Gasteiger partial charge in [-0.3, -0.25) is 9.59 Å². The van der Waals surface area contributed by atoms with Gasteiger partial charge in [0.15, 0.2) is 0 Å². The predicted molar refractivity (Wildman–Crippen MR) is 116 cm³/mol. The minimum atomic E-state index is -0.0306. The molecule has 3 aliphatic rings. The molecule has 0 N–H and O–H groups in total. The monoisotopic (exact) mass is 430 g/mol. The second kappa shape index (κ2) is 9.90. The number of likely N-dealkylation sites (tertiary alicyclic amines) is 2. The van der Waals surface area contributed by atoms with Gasteiger partial charge in [-0.2, -0.15) is 0 Å². The SMILES string of the molecule is COCC1CCCCN1C(=O)c1cc(OC)ccc1OC1CCN(C(=O)C2CC2)CC1. The highest BCUT2D eigenvalue weighted by Gasteiger charge is 2.36. The third-order valence-electron chi connectivity index (χ3n) is 6.64. The van der Waals surface area contributed by atoms with Gasteiger partial charge in [-0.1, -0.05) is 0 Å². The van der Waals surface area contributed by atoms with E-state index in [1.54, 1.807) is 20.3 Å². The zero-order valence-corrected chi connectivity index (χ0v) is 18.7. The van der Waals surface area contributed by atoms with Gasteiger partial charge in [0.05, 0.1) is 25.3 Å². The number of hydrogen-bond donors (Lipinski definition) is 0. The van der Waals surface area contributed by atoms with Crippen LogP contribution in [0.4, 0.5) is 0 Å². The van der Waals surface area contributed by atoms with E-state index >= 15 is 0 Å². The number of carbonyl (C=O) groups excluding carboxylic acids is 2. The van der Waals surface area contributed by atoms with E-state index in [2.05, 4.69) is 0 Å². The summed E-state index contributed by atoms with van der Waals surface area (Å²) < 4.78 is 17.1. The van der Waals surface area contributed by atoms with Gasteiger partial charge < -0.3 is 24.0 Å². The Hall–Kier alpha value is -2.28. The number of nitrogens with zero attached hydrogens (tertiary/aromatic N) is 2. The Morgan fingerprint density at radius 3 is 2.45 bits per heavy atom. The highest BCUT2D eigenvalue weighted by molar-refractivity contribution is 5.97.